The largest absolute Gasteiger partial charge is 0.495 e. The summed E-state index contributed by atoms with van der Waals surface area (Å²) in [5.41, 5.74) is 0.332. The average Bonchev–Trinajstić information content (AvgIpc) is 2.55. The van der Waals surface area contributed by atoms with E-state index in [2.05, 4.69) is 37.2 Å². The van der Waals surface area contributed by atoms with Gasteiger partial charge in [-0.1, -0.05) is 13.8 Å². The standard InChI is InChI=1S/C14H9Br2F2NO2.C2H6/c1-21-12-6-8(2-3-9(12)15)19-14(20)7-4-10(17)13(16)11(18)5-7;1-2/h2-6H,1H3,(H,19,20);1-2H3. The predicted molar refractivity (Wildman–Crippen MR) is 94.1 cm³/mol. The van der Waals surface area contributed by atoms with Crippen molar-refractivity contribution in [2.24, 2.45) is 0 Å². The van der Waals surface area contributed by atoms with Gasteiger partial charge in [0.05, 0.1) is 16.1 Å². The Morgan fingerprint density at radius 2 is 1.65 bits per heavy atom. The summed E-state index contributed by atoms with van der Waals surface area (Å²) in [5, 5.41) is 2.55. The molecule has 2 aromatic carbocycles. The van der Waals surface area contributed by atoms with E-state index in [1.54, 1.807) is 18.2 Å². The second-order valence-corrected chi connectivity index (χ2v) is 5.70. The van der Waals surface area contributed by atoms with Crippen molar-refractivity contribution in [3.63, 3.8) is 0 Å². The van der Waals surface area contributed by atoms with E-state index in [0.29, 0.717) is 11.4 Å². The topological polar surface area (TPSA) is 38.3 Å². The quantitative estimate of drug-likeness (QED) is 0.602. The molecule has 0 radical (unpaired) electrons. The van der Waals surface area contributed by atoms with Crippen LogP contribution >= 0.6 is 31.9 Å². The van der Waals surface area contributed by atoms with Gasteiger partial charge in [-0.2, -0.15) is 0 Å². The van der Waals surface area contributed by atoms with E-state index in [0.717, 1.165) is 16.6 Å². The van der Waals surface area contributed by atoms with Crippen LogP contribution < -0.4 is 10.1 Å². The Bertz CT molecular complexity index is 685. The van der Waals surface area contributed by atoms with E-state index < -0.39 is 17.5 Å². The van der Waals surface area contributed by atoms with Crippen LogP contribution in [0.5, 0.6) is 5.75 Å². The number of ether oxygens (including phenoxy) is 1. The molecule has 0 saturated carbocycles. The van der Waals surface area contributed by atoms with Crippen LogP contribution in [0.15, 0.2) is 39.3 Å². The van der Waals surface area contributed by atoms with Crippen LogP contribution in [0.25, 0.3) is 0 Å². The maximum Gasteiger partial charge on any atom is 0.255 e. The van der Waals surface area contributed by atoms with E-state index in [1.165, 1.54) is 7.11 Å². The van der Waals surface area contributed by atoms with Gasteiger partial charge in [-0.15, -0.1) is 0 Å². The number of benzene rings is 2. The van der Waals surface area contributed by atoms with Crippen molar-refractivity contribution in [1.82, 2.24) is 0 Å². The second-order valence-electron chi connectivity index (χ2n) is 4.06. The lowest BCUT2D eigenvalue weighted by Crippen LogP contribution is -2.13. The summed E-state index contributed by atoms with van der Waals surface area (Å²) in [6.07, 6.45) is 0. The molecule has 0 aromatic heterocycles. The van der Waals surface area contributed by atoms with Crippen LogP contribution in [0.2, 0.25) is 0 Å². The molecule has 23 heavy (non-hydrogen) atoms. The number of methoxy groups -OCH3 is 1. The van der Waals surface area contributed by atoms with Gasteiger partial charge in [0.2, 0.25) is 0 Å². The Kier molecular flexibility index (Phi) is 7.64. The highest BCUT2D eigenvalue weighted by atomic mass is 79.9. The third kappa shape index (κ3) is 5.00. The second kappa shape index (κ2) is 8.98. The van der Waals surface area contributed by atoms with Crippen molar-refractivity contribution in [1.29, 1.82) is 0 Å². The minimum atomic E-state index is -0.839. The molecule has 0 saturated heterocycles. The van der Waals surface area contributed by atoms with Crippen LogP contribution in [-0.2, 0) is 0 Å². The summed E-state index contributed by atoms with van der Waals surface area (Å²) in [6.45, 7) is 4.00. The molecule has 2 aromatic rings. The zero-order chi connectivity index (χ0) is 17.6. The van der Waals surface area contributed by atoms with Crippen LogP contribution in [0.3, 0.4) is 0 Å². The number of nitrogens with one attached hydrogen (secondary N) is 1. The van der Waals surface area contributed by atoms with E-state index in [1.807, 2.05) is 13.8 Å². The summed E-state index contributed by atoms with van der Waals surface area (Å²) >= 11 is 6.04. The SMILES string of the molecule is CC.COc1cc(NC(=O)c2cc(F)c(Br)c(F)c2)ccc1Br. The third-order valence-corrected chi connectivity index (χ3v) is 4.07. The van der Waals surface area contributed by atoms with Crippen molar-refractivity contribution >= 4 is 43.5 Å². The Hall–Kier alpha value is -1.47. The number of carbonyl (C=O) groups is 1. The van der Waals surface area contributed by atoms with Crippen LogP contribution in [0, 0.1) is 11.6 Å². The first-order valence-electron chi connectivity index (χ1n) is 6.72. The Labute approximate surface area is 150 Å². The predicted octanol–water partition coefficient (Wildman–Crippen LogP) is 5.78. The zero-order valence-electron chi connectivity index (χ0n) is 12.7. The average molecular weight is 451 g/mol. The smallest absolute Gasteiger partial charge is 0.255 e. The monoisotopic (exact) mass is 449 g/mol. The molecule has 0 aliphatic heterocycles. The van der Waals surface area contributed by atoms with Crippen molar-refractivity contribution in [2.75, 3.05) is 12.4 Å². The molecule has 0 fully saturated rings. The van der Waals surface area contributed by atoms with Gasteiger partial charge in [0.1, 0.15) is 17.4 Å². The number of amides is 1. The van der Waals surface area contributed by atoms with Crippen molar-refractivity contribution in [2.45, 2.75) is 13.8 Å². The fraction of sp³-hybridized carbons (Fsp3) is 0.188. The van der Waals surface area contributed by atoms with Gasteiger partial charge in [0.15, 0.2) is 0 Å². The van der Waals surface area contributed by atoms with Gasteiger partial charge in [-0.05, 0) is 56.1 Å². The number of halogens is 4. The summed E-state index contributed by atoms with van der Waals surface area (Å²) in [7, 11) is 1.49. The lowest BCUT2D eigenvalue weighted by molar-refractivity contribution is 0.102. The van der Waals surface area contributed by atoms with Gasteiger partial charge in [0.25, 0.3) is 5.91 Å². The minimum Gasteiger partial charge on any atom is -0.495 e. The van der Waals surface area contributed by atoms with E-state index in [4.69, 9.17) is 4.74 Å². The molecular formula is C16H15Br2F2NO2. The molecular weight excluding hydrogens is 436 g/mol. The molecule has 0 spiro atoms. The lowest BCUT2D eigenvalue weighted by atomic mass is 10.2. The molecule has 0 bridgehead atoms. The number of rotatable bonds is 3. The van der Waals surface area contributed by atoms with Crippen molar-refractivity contribution in [3.05, 3.63) is 56.5 Å². The fourth-order valence-electron chi connectivity index (χ4n) is 1.63. The zero-order valence-corrected chi connectivity index (χ0v) is 15.9. The molecule has 0 aliphatic rings. The van der Waals surface area contributed by atoms with Crippen LogP contribution in [-0.4, -0.2) is 13.0 Å². The molecule has 1 N–H and O–H groups in total. The van der Waals surface area contributed by atoms with E-state index in [9.17, 15) is 13.6 Å². The molecule has 7 heteroatoms. The summed E-state index contributed by atoms with van der Waals surface area (Å²) < 4.78 is 32.4. The Balaban J connectivity index is 0.00000127. The highest BCUT2D eigenvalue weighted by molar-refractivity contribution is 9.10. The maximum absolute atomic E-state index is 13.4. The maximum atomic E-state index is 13.4. The Morgan fingerprint density at radius 1 is 1.09 bits per heavy atom. The number of hydrogen-bond donors (Lipinski definition) is 1. The van der Waals surface area contributed by atoms with Gasteiger partial charge >= 0.3 is 0 Å². The summed E-state index contributed by atoms with van der Waals surface area (Å²) in [5.74, 6) is -1.77. The highest BCUT2D eigenvalue weighted by Crippen LogP contribution is 2.28. The summed E-state index contributed by atoms with van der Waals surface area (Å²) in [4.78, 5) is 12.0. The first-order valence-corrected chi connectivity index (χ1v) is 8.30. The van der Waals surface area contributed by atoms with Crippen LogP contribution in [0.4, 0.5) is 14.5 Å². The van der Waals surface area contributed by atoms with Crippen molar-refractivity contribution < 1.29 is 18.3 Å². The fourth-order valence-corrected chi connectivity index (χ4v) is 2.26. The molecule has 0 unspecified atom stereocenters. The van der Waals surface area contributed by atoms with Gasteiger partial charge in [0, 0.05) is 17.3 Å². The normalized spacial score (nSPS) is 9.70. The van der Waals surface area contributed by atoms with Crippen LogP contribution in [0.1, 0.15) is 24.2 Å². The third-order valence-electron chi connectivity index (χ3n) is 2.65. The molecule has 124 valence electrons. The number of anilines is 1. The van der Waals surface area contributed by atoms with E-state index in [-0.39, 0.29) is 10.0 Å². The van der Waals surface area contributed by atoms with Gasteiger partial charge < -0.3 is 10.1 Å². The highest BCUT2D eigenvalue weighted by Gasteiger charge is 2.14. The molecule has 2 rings (SSSR count). The summed E-state index contributed by atoms with van der Waals surface area (Å²) in [6, 6.07) is 6.83. The van der Waals surface area contributed by atoms with Crippen molar-refractivity contribution in [3.8, 4) is 5.75 Å². The molecule has 0 aliphatic carbocycles. The minimum absolute atomic E-state index is 0.116. The number of carbonyl (C=O) groups excluding carboxylic acids is 1. The Morgan fingerprint density at radius 3 is 2.17 bits per heavy atom. The molecule has 1 amide bonds. The number of hydrogen-bond acceptors (Lipinski definition) is 2. The molecule has 0 atom stereocenters. The van der Waals surface area contributed by atoms with E-state index >= 15 is 0 Å². The first-order chi connectivity index (χ1) is 10.9. The molecule has 3 nitrogen and oxygen atoms in total. The first kappa shape index (κ1) is 19.6. The van der Waals surface area contributed by atoms with Gasteiger partial charge in [-0.3, -0.25) is 4.79 Å². The lowest BCUT2D eigenvalue weighted by Gasteiger charge is -2.09. The molecule has 0 heterocycles. The van der Waals surface area contributed by atoms with Gasteiger partial charge in [-0.25, -0.2) is 8.78 Å².